The van der Waals surface area contributed by atoms with Crippen LogP contribution in [0.1, 0.15) is 0 Å². The Morgan fingerprint density at radius 3 is 1.50 bits per heavy atom. The van der Waals surface area contributed by atoms with Gasteiger partial charge in [0.05, 0.1) is 0 Å². The average Bonchev–Trinajstić information content (AvgIpc) is 4.00. The zero-order valence-electron chi connectivity index (χ0n) is 36.7. The zero-order valence-corrected chi connectivity index (χ0v) is 38.3. The molecule has 0 aliphatic carbocycles. The minimum absolute atomic E-state index is 0.613. The number of hydrogen-bond donors (Lipinski definition) is 0. The molecule has 0 N–H and O–H groups in total. The molecule has 0 aliphatic heterocycles. The van der Waals surface area contributed by atoms with Crippen LogP contribution in [0.2, 0.25) is 0 Å². The highest BCUT2D eigenvalue weighted by atomic mass is 32.1. The summed E-state index contributed by atoms with van der Waals surface area (Å²) < 4.78 is 5.00. The summed E-state index contributed by atoms with van der Waals surface area (Å²) in [6.07, 6.45) is 0. The lowest BCUT2D eigenvalue weighted by Crippen LogP contribution is -2.01. The minimum Gasteiger partial charge on any atom is -0.208 e. The fourth-order valence-corrected chi connectivity index (χ4v) is 12.0. The predicted molar refractivity (Wildman–Crippen MR) is 289 cm³/mol. The van der Waals surface area contributed by atoms with Crippen molar-refractivity contribution in [2.24, 2.45) is 0 Å². The van der Waals surface area contributed by atoms with Crippen molar-refractivity contribution >= 4 is 63.0 Å². The van der Waals surface area contributed by atoms with Crippen molar-refractivity contribution in [3.63, 3.8) is 0 Å². The van der Waals surface area contributed by atoms with Gasteiger partial charge in [0, 0.05) is 62.6 Å². The van der Waals surface area contributed by atoms with Crippen LogP contribution in [0.15, 0.2) is 237 Å². The molecule has 3 nitrogen and oxygen atoms in total. The molecule has 0 atom stereocenters. The molecule has 0 amide bonds. The zero-order chi connectivity index (χ0) is 45.0. The maximum Gasteiger partial charge on any atom is 0.164 e. The normalized spacial score (nSPS) is 11.5. The van der Waals surface area contributed by atoms with Crippen molar-refractivity contribution in [1.29, 1.82) is 0 Å². The molecule has 10 aromatic carbocycles. The van der Waals surface area contributed by atoms with Gasteiger partial charge in [0.25, 0.3) is 0 Å². The largest absolute Gasteiger partial charge is 0.208 e. The fraction of sp³-hybridized carbons (Fsp3) is 0. The number of benzene rings is 10. The number of thiophene rings is 2. The lowest BCUT2D eigenvalue weighted by Gasteiger charge is -2.16. The van der Waals surface area contributed by atoms with Gasteiger partial charge in [-0.25, -0.2) is 15.0 Å². The van der Waals surface area contributed by atoms with Crippen molar-refractivity contribution in [2.75, 3.05) is 0 Å². The highest BCUT2D eigenvalue weighted by Crippen LogP contribution is 2.45. The van der Waals surface area contributed by atoms with E-state index >= 15 is 0 Å². The number of hydrogen-bond acceptors (Lipinski definition) is 5. The van der Waals surface area contributed by atoms with E-state index < -0.39 is 0 Å². The van der Waals surface area contributed by atoms with Crippen LogP contribution in [-0.4, -0.2) is 15.0 Å². The standard InChI is InChI=1S/C63H39N3S2/c1-4-17-40(18-5-1)43-23-14-24-44(35-43)46-36-47(49-25-10-11-26-50(49)52-28-15-29-53-51-27-12-13-31-56(51)68-60(52)53)38-48(37-46)62-64-61(42-21-8-3-9-22-42)65-63(66-62)54-30-16-32-58-59(54)55-39-45(33-34-57(55)67-58)41-19-6-2-7-20-41/h1-39H. The van der Waals surface area contributed by atoms with E-state index in [1.165, 1.54) is 62.8 Å². The van der Waals surface area contributed by atoms with E-state index in [9.17, 15) is 0 Å². The highest BCUT2D eigenvalue weighted by Gasteiger charge is 2.20. The maximum absolute atomic E-state index is 5.48. The maximum atomic E-state index is 5.48. The summed E-state index contributed by atoms with van der Waals surface area (Å²) in [6, 6.07) is 84.8. The summed E-state index contributed by atoms with van der Waals surface area (Å²) in [4.78, 5) is 16.1. The highest BCUT2D eigenvalue weighted by molar-refractivity contribution is 7.26. The van der Waals surface area contributed by atoms with E-state index in [2.05, 4.69) is 218 Å². The molecule has 13 aromatic rings. The van der Waals surface area contributed by atoms with Gasteiger partial charge in [-0.15, -0.1) is 22.7 Å². The van der Waals surface area contributed by atoms with E-state index in [1.54, 1.807) is 11.3 Å². The summed E-state index contributed by atoms with van der Waals surface area (Å²) in [5.74, 6) is 1.88. The van der Waals surface area contributed by atoms with Crippen LogP contribution in [0.3, 0.4) is 0 Å². The smallest absolute Gasteiger partial charge is 0.164 e. The third-order valence-corrected chi connectivity index (χ3v) is 15.3. The molecule has 3 heterocycles. The molecular formula is C63H39N3S2. The van der Waals surface area contributed by atoms with Crippen molar-refractivity contribution in [3.8, 4) is 89.8 Å². The SMILES string of the molecule is c1ccc(-c2cccc(-c3cc(-c4nc(-c5ccccc5)nc(-c5cccc6sc7ccc(-c8ccccc8)cc7c56)n4)cc(-c4ccccc4-c4cccc5c4sc4ccccc45)c3)c2)cc1. The number of nitrogens with zero attached hydrogens (tertiary/aromatic N) is 3. The first-order valence-electron chi connectivity index (χ1n) is 22.8. The van der Waals surface area contributed by atoms with Crippen LogP contribution >= 0.6 is 22.7 Å². The molecule has 0 bridgehead atoms. The van der Waals surface area contributed by atoms with E-state index in [4.69, 9.17) is 15.0 Å². The molecule has 0 unspecified atom stereocenters. The average molecular weight is 902 g/mol. The summed E-state index contributed by atoms with van der Waals surface area (Å²) in [7, 11) is 0. The second-order valence-electron chi connectivity index (χ2n) is 17.1. The van der Waals surface area contributed by atoms with Crippen molar-refractivity contribution in [1.82, 2.24) is 15.0 Å². The van der Waals surface area contributed by atoms with Crippen LogP contribution in [0.25, 0.3) is 130 Å². The molecular weight excluding hydrogens is 863 g/mol. The fourth-order valence-electron chi connectivity index (χ4n) is 9.68. The van der Waals surface area contributed by atoms with Gasteiger partial charge < -0.3 is 0 Å². The van der Waals surface area contributed by atoms with E-state index in [0.29, 0.717) is 17.5 Å². The van der Waals surface area contributed by atoms with Crippen molar-refractivity contribution in [2.45, 2.75) is 0 Å². The van der Waals surface area contributed by atoms with E-state index in [-0.39, 0.29) is 0 Å². The molecule has 0 aliphatic rings. The molecule has 3 aromatic heterocycles. The van der Waals surface area contributed by atoms with Gasteiger partial charge in [0.15, 0.2) is 17.5 Å². The Kier molecular flexibility index (Phi) is 9.89. The molecule has 0 fully saturated rings. The first-order valence-corrected chi connectivity index (χ1v) is 24.5. The Bertz CT molecular complexity index is 4020. The van der Waals surface area contributed by atoms with Gasteiger partial charge in [-0.05, 0) is 98.6 Å². The Morgan fingerprint density at radius 1 is 0.235 bits per heavy atom. The van der Waals surface area contributed by atoms with Crippen molar-refractivity contribution < 1.29 is 0 Å². The van der Waals surface area contributed by atoms with Crippen LogP contribution in [0.4, 0.5) is 0 Å². The predicted octanol–water partition coefficient (Wildman–Crippen LogP) is 17.9. The monoisotopic (exact) mass is 901 g/mol. The first-order chi connectivity index (χ1) is 33.7. The van der Waals surface area contributed by atoms with Gasteiger partial charge in [-0.2, -0.15) is 0 Å². The van der Waals surface area contributed by atoms with E-state index in [1.807, 2.05) is 29.5 Å². The van der Waals surface area contributed by atoms with Gasteiger partial charge in [-0.3, -0.25) is 0 Å². The minimum atomic E-state index is 0.613. The molecule has 0 saturated carbocycles. The van der Waals surface area contributed by atoms with Gasteiger partial charge >= 0.3 is 0 Å². The molecule has 0 saturated heterocycles. The van der Waals surface area contributed by atoms with Crippen LogP contribution in [0, 0.1) is 0 Å². The Hall–Kier alpha value is -8.35. The second kappa shape index (κ2) is 16.8. The van der Waals surface area contributed by atoms with E-state index in [0.717, 1.165) is 49.9 Å². The van der Waals surface area contributed by atoms with Gasteiger partial charge in [0.1, 0.15) is 0 Å². The van der Waals surface area contributed by atoms with Crippen LogP contribution in [0.5, 0.6) is 0 Å². The number of rotatable bonds is 8. The Labute approximate surface area is 402 Å². The van der Waals surface area contributed by atoms with Gasteiger partial charge in [0.2, 0.25) is 0 Å². The molecule has 318 valence electrons. The molecule has 0 spiro atoms. The number of fused-ring (bicyclic) bond motifs is 6. The van der Waals surface area contributed by atoms with Crippen LogP contribution in [-0.2, 0) is 0 Å². The summed E-state index contributed by atoms with van der Waals surface area (Å²) >= 11 is 3.67. The third kappa shape index (κ3) is 7.17. The van der Waals surface area contributed by atoms with Crippen LogP contribution < -0.4 is 0 Å². The number of aromatic nitrogens is 3. The quantitative estimate of drug-likeness (QED) is 0.152. The van der Waals surface area contributed by atoms with Crippen molar-refractivity contribution in [3.05, 3.63) is 237 Å². The molecule has 0 radical (unpaired) electrons. The summed E-state index contributed by atoms with van der Waals surface area (Å²) in [5, 5.41) is 4.91. The lowest BCUT2D eigenvalue weighted by atomic mass is 9.90. The molecule has 5 heteroatoms. The topological polar surface area (TPSA) is 38.7 Å². The third-order valence-electron chi connectivity index (χ3n) is 12.9. The Balaban J connectivity index is 1.05. The Morgan fingerprint density at radius 2 is 0.721 bits per heavy atom. The first kappa shape index (κ1) is 40.0. The summed E-state index contributed by atoms with van der Waals surface area (Å²) in [6.45, 7) is 0. The molecule has 68 heavy (non-hydrogen) atoms. The lowest BCUT2D eigenvalue weighted by molar-refractivity contribution is 1.08. The molecule has 13 rings (SSSR count). The summed E-state index contributed by atoms with van der Waals surface area (Å²) in [5.41, 5.74) is 14.3. The van der Waals surface area contributed by atoms with Gasteiger partial charge in [-0.1, -0.05) is 188 Å². The second-order valence-corrected chi connectivity index (χ2v) is 19.2.